The largest absolute Gasteiger partial charge is 0.490 e. The van der Waals surface area contributed by atoms with Gasteiger partial charge in [-0.05, 0) is 75.3 Å². The number of allylic oxidation sites excluding steroid dienone is 4. The summed E-state index contributed by atoms with van der Waals surface area (Å²) in [6.45, 7) is 7.48. The number of ketones is 2. The van der Waals surface area contributed by atoms with Gasteiger partial charge in [0, 0.05) is 47.8 Å². The predicted octanol–water partition coefficient (Wildman–Crippen LogP) is 8.55. The van der Waals surface area contributed by atoms with Crippen molar-refractivity contribution in [3.05, 3.63) is 116 Å². The van der Waals surface area contributed by atoms with Crippen LogP contribution in [0.5, 0.6) is 11.5 Å². The number of aryl methyl sites for hydroxylation is 2. The second-order valence-corrected chi connectivity index (χ2v) is 12.2. The zero-order valence-corrected chi connectivity index (χ0v) is 25.9. The fourth-order valence-electron chi connectivity index (χ4n) is 6.97. The van der Waals surface area contributed by atoms with Gasteiger partial charge < -0.3 is 14.4 Å². The lowest BCUT2D eigenvalue weighted by molar-refractivity contribution is -0.117. The van der Waals surface area contributed by atoms with Crippen molar-refractivity contribution in [2.24, 2.45) is 0 Å². The molecule has 1 aliphatic heterocycles. The topological polar surface area (TPSA) is 55.8 Å². The van der Waals surface area contributed by atoms with E-state index in [0.29, 0.717) is 49.1 Å². The van der Waals surface area contributed by atoms with Crippen LogP contribution in [0.15, 0.2) is 83.2 Å². The number of hydrogen-bond donors (Lipinski definition) is 0. The van der Waals surface area contributed by atoms with Gasteiger partial charge in [0.2, 0.25) is 0 Å². The maximum atomic E-state index is 13.8. The molecule has 2 aliphatic carbocycles. The zero-order chi connectivity index (χ0) is 30.1. The summed E-state index contributed by atoms with van der Waals surface area (Å²) in [6.07, 6.45) is 4.19. The fraction of sp³-hybridized carbons (Fsp3) is 0.351. The van der Waals surface area contributed by atoms with Crippen LogP contribution in [-0.4, -0.2) is 23.1 Å². The van der Waals surface area contributed by atoms with Gasteiger partial charge >= 0.3 is 0 Å². The molecule has 5 nitrogen and oxygen atoms in total. The average molecular weight is 596 g/mol. The molecule has 0 bridgehead atoms. The van der Waals surface area contributed by atoms with E-state index in [0.717, 1.165) is 64.9 Å². The van der Waals surface area contributed by atoms with Crippen molar-refractivity contribution in [2.45, 2.75) is 78.4 Å². The molecule has 0 spiro atoms. The lowest BCUT2D eigenvalue weighted by atomic mass is 9.71. The molecule has 6 rings (SSSR count). The van der Waals surface area contributed by atoms with Crippen molar-refractivity contribution < 1.29 is 19.1 Å². The first-order valence-electron chi connectivity index (χ1n) is 15.3. The van der Waals surface area contributed by atoms with Crippen LogP contribution in [0, 0.1) is 13.8 Å². The molecule has 3 aromatic rings. The van der Waals surface area contributed by atoms with E-state index in [1.54, 1.807) is 0 Å². The monoisotopic (exact) mass is 595 g/mol. The van der Waals surface area contributed by atoms with Crippen LogP contribution in [0.1, 0.15) is 79.2 Å². The Bertz CT molecular complexity index is 1570. The minimum Gasteiger partial charge on any atom is -0.490 e. The molecule has 0 radical (unpaired) electrons. The molecular weight excluding hydrogens is 558 g/mol. The number of benzene rings is 3. The van der Waals surface area contributed by atoms with E-state index in [9.17, 15) is 9.59 Å². The van der Waals surface area contributed by atoms with Gasteiger partial charge in [0.25, 0.3) is 0 Å². The summed E-state index contributed by atoms with van der Waals surface area (Å²) < 4.78 is 12.4. The molecule has 0 fully saturated rings. The van der Waals surface area contributed by atoms with Gasteiger partial charge in [-0.3, -0.25) is 9.59 Å². The fourth-order valence-corrected chi connectivity index (χ4v) is 7.25. The number of nitrogens with zero attached hydrogens (tertiary/aromatic N) is 1. The second-order valence-electron chi connectivity index (χ2n) is 11.8. The highest BCUT2D eigenvalue weighted by molar-refractivity contribution is 6.32. The Labute approximate surface area is 259 Å². The van der Waals surface area contributed by atoms with E-state index >= 15 is 0 Å². The van der Waals surface area contributed by atoms with Gasteiger partial charge in [0.15, 0.2) is 23.1 Å². The zero-order valence-electron chi connectivity index (χ0n) is 25.2. The highest BCUT2D eigenvalue weighted by Gasteiger charge is 2.43. The molecule has 0 aromatic heterocycles. The minimum absolute atomic E-state index is 0.110. The first kappa shape index (κ1) is 29.3. The lowest BCUT2D eigenvalue weighted by Gasteiger charge is -2.44. The Morgan fingerprint density at radius 1 is 0.791 bits per heavy atom. The highest BCUT2D eigenvalue weighted by Crippen LogP contribution is 2.51. The standard InChI is InChI=1S/C37H38ClNO4/c1-4-42-33-20-27(19-28(38)37(33)43-22-26-17-23(2)16-24(3)18-26)34-35-29(12-8-14-31(35)40)39(21-25-10-6-5-7-11-25)30-13-9-15-32(41)36(30)34/h5-7,10-11,16-20,34H,4,8-9,12-15,21-22H2,1-3H3. The molecule has 0 unspecified atom stereocenters. The van der Waals surface area contributed by atoms with Gasteiger partial charge in [-0.1, -0.05) is 71.3 Å². The number of halogens is 1. The summed E-state index contributed by atoms with van der Waals surface area (Å²) in [7, 11) is 0. The summed E-state index contributed by atoms with van der Waals surface area (Å²) in [5.74, 6) is 0.748. The van der Waals surface area contributed by atoms with Gasteiger partial charge in [0.05, 0.1) is 11.6 Å². The Kier molecular flexibility index (Phi) is 8.45. The third kappa shape index (κ3) is 5.88. The Morgan fingerprint density at radius 2 is 1.42 bits per heavy atom. The van der Waals surface area contributed by atoms with Crippen molar-refractivity contribution in [1.82, 2.24) is 4.90 Å². The number of carbonyl (C=O) groups is 2. The molecule has 0 saturated carbocycles. The van der Waals surface area contributed by atoms with Gasteiger partial charge in [-0.2, -0.15) is 0 Å². The summed E-state index contributed by atoms with van der Waals surface area (Å²) in [4.78, 5) is 29.8. The molecule has 0 saturated heterocycles. The van der Waals surface area contributed by atoms with Crippen LogP contribution in [0.2, 0.25) is 5.02 Å². The first-order chi connectivity index (χ1) is 20.8. The number of carbonyl (C=O) groups excluding carboxylic acids is 2. The van der Waals surface area contributed by atoms with Crippen LogP contribution in [0.4, 0.5) is 0 Å². The summed E-state index contributed by atoms with van der Waals surface area (Å²) in [5, 5.41) is 0.410. The maximum absolute atomic E-state index is 13.8. The van der Waals surface area contributed by atoms with E-state index in [2.05, 4.69) is 49.1 Å². The summed E-state index contributed by atoms with van der Waals surface area (Å²) in [5.41, 5.74) is 8.91. The quantitative estimate of drug-likeness (QED) is 0.261. The van der Waals surface area contributed by atoms with Crippen molar-refractivity contribution in [1.29, 1.82) is 0 Å². The van der Waals surface area contributed by atoms with Crippen LogP contribution in [0.3, 0.4) is 0 Å². The smallest absolute Gasteiger partial charge is 0.180 e. The predicted molar refractivity (Wildman–Crippen MR) is 169 cm³/mol. The molecule has 6 heteroatoms. The highest BCUT2D eigenvalue weighted by atomic mass is 35.5. The minimum atomic E-state index is -0.470. The summed E-state index contributed by atoms with van der Waals surface area (Å²) in [6, 6.07) is 20.4. The van der Waals surface area contributed by atoms with Crippen LogP contribution < -0.4 is 9.47 Å². The molecule has 0 atom stereocenters. The van der Waals surface area contributed by atoms with E-state index in [-0.39, 0.29) is 11.6 Å². The molecular formula is C37H38ClNO4. The van der Waals surface area contributed by atoms with Crippen molar-refractivity contribution >= 4 is 23.2 Å². The molecule has 3 aromatic carbocycles. The Morgan fingerprint density at radius 3 is 2.02 bits per heavy atom. The molecule has 43 heavy (non-hydrogen) atoms. The van der Waals surface area contributed by atoms with Gasteiger partial charge in [-0.25, -0.2) is 0 Å². The Balaban J connectivity index is 1.45. The second kappa shape index (κ2) is 12.4. The van der Waals surface area contributed by atoms with Gasteiger partial charge in [0.1, 0.15) is 6.61 Å². The van der Waals surface area contributed by atoms with Gasteiger partial charge in [-0.15, -0.1) is 0 Å². The van der Waals surface area contributed by atoms with Crippen LogP contribution in [0.25, 0.3) is 0 Å². The molecule has 0 N–H and O–H groups in total. The third-order valence-electron chi connectivity index (χ3n) is 8.60. The molecule has 3 aliphatic rings. The maximum Gasteiger partial charge on any atom is 0.180 e. The lowest BCUT2D eigenvalue weighted by Crippen LogP contribution is -2.38. The number of ether oxygens (including phenoxy) is 2. The molecule has 222 valence electrons. The SMILES string of the molecule is CCOc1cc(C2C3=C(CCCC3=O)N(Cc3ccccc3)C3=C2C(=O)CCC3)cc(Cl)c1OCc1cc(C)cc(C)c1. The van der Waals surface area contributed by atoms with E-state index in [4.69, 9.17) is 21.1 Å². The normalized spacial score (nSPS) is 17.3. The van der Waals surface area contributed by atoms with E-state index in [1.165, 1.54) is 11.1 Å². The van der Waals surface area contributed by atoms with E-state index in [1.807, 2.05) is 37.3 Å². The van der Waals surface area contributed by atoms with Crippen LogP contribution >= 0.6 is 11.6 Å². The van der Waals surface area contributed by atoms with Crippen molar-refractivity contribution in [3.8, 4) is 11.5 Å². The molecule has 1 heterocycles. The van der Waals surface area contributed by atoms with Crippen LogP contribution in [-0.2, 0) is 22.7 Å². The molecule has 0 amide bonds. The van der Waals surface area contributed by atoms with Crippen molar-refractivity contribution in [3.63, 3.8) is 0 Å². The summed E-state index contributed by atoms with van der Waals surface area (Å²) >= 11 is 6.96. The van der Waals surface area contributed by atoms with Crippen molar-refractivity contribution in [2.75, 3.05) is 6.61 Å². The Hall–Kier alpha value is -3.83. The first-order valence-corrected chi connectivity index (χ1v) is 15.7. The van der Waals surface area contributed by atoms with E-state index < -0.39 is 5.92 Å². The average Bonchev–Trinajstić information content (AvgIpc) is 2.97. The number of hydrogen-bond acceptors (Lipinski definition) is 5. The number of Topliss-reactive ketones (excluding diaryl/α,β-unsaturated/α-hetero) is 2. The third-order valence-corrected chi connectivity index (χ3v) is 8.88. The number of rotatable bonds is 8.